The molecule has 1 heteroatoms. The maximum Gasteiger partial charge on any atom is 0.0514 e. The van der Waals surface area contributed by atoms with Crippen LogP contribution in [0.25, 0.3) is 0 Å². The summed E-state index contributed by atoms with van der Waals surface area (Å²) < 4.78 is 7.75. The smallest absolute Gasteiger partial charge is 0.0514 e. The van der Waals surface area contributed by atoms with Crippen molar-refractivity contribution >= 4 is 0 Å². The van der Waals surface area contributed by atoms with Crippen molar-refractivity contribution in [2.24, 2.45) is 5.73 Å². The molecule has 0 bridgehead atoms. The minimum absolute atomic E-state index is 0.756. The first-order valence-corrected chi connectivity index (χ1v) is 3.57. The zero-order chi connectivity index (χ0) is 7.90. The zero-order valence-electron chi connectivity index (χ0n) is 6.80. The standard InChI is InChI=1S/C9H11N/c10-9-6-5-7-3-1-2-4-8(7)9/h1-4,9H,5-6,10H2/i9D. The second-order valence-corrected chi connectivity index (χ2v) is 2.68. The quantitative estimate of drug-likeness (QED) is 0.573. The molecule has 0 heterocycles. The molecule has 0 amide bonds. The topological polar surface area (TPSA) is 26.0 Å². The summed E-state index contributed by atoms with van der Waals surface area (Å²) >= 11 is 0. The van der Waals surface area contributed by atoms with Gasteiger partial charge in [0.25, 0.3) is 0 Å². The molecule has 0 saturated carbocycles. The fourth-order valence-electron chi connectivity index (χ4n) is 1.46. The fourth-order valence-corrected chi connectivity index (χ4v) is 1.46. The van der Waals surface area contributed by atoms with Crippen molar-refractivity contribution < 1.29 is 1.37 Å². The molecule has 1 atom stereocenters. The number of fused-ring (bicyclic) bond motifs is 1. The van der Waals surface area contributed by atoms with Gasteiger partial charge in [-0.2, -0.15) is 0 Å². The van der Waals surface area contributed by atoms with Crippen molar-refractivity contribution in [2.75, 3.05) is 0 Å². The highest BCUT2D eigenvalue weighted by Crippen LogP contribution is 2.28. The maximum atomic E-state index is 7.75. The third kappa shape index (κ3) is 0.745. The Morgan fingerprint density at radius 1 is 1.50 bits per heavy atom. The number of benzene rings is 1. The van der Waals surface area contributed by atoms with Gasteiger partial charge in [-0.3, -0.25) is 0 Å². The van der Waals surface area contributed by atoms with Crippen LogP contribution in [0.2, 0.25) is 0 Å². The van der Waals surface area contributed by atoms with Gasteiger partial charge in [0, 0.05) is 6.02 Å². The van der Waals surface area contributed by atoms with E-state index < -0.39 is 6.02 Å². The third-order valence-corrected chi connectivity index (χ3v) is 2.03. The molecule has 1 aliphatic carbocycles. The van der Waals surface area contributed by atoms with Crippen LogP contribution in [-0.4, -0.2) is 0 Å². The molecule has 0 spiro atoms. The van der Waals surface area contributed by atoms with Crippen molar-refractivity contribution in [3.05, 3.63) is 35.4 Å². The molecule has 0 aliphatic heterocycles. The van der Waals surface area contributed by atoms with Gasteiger partial charge in [0.05, 0.1) is 1.37 Å². The number of aryl methyl sites for hydroxylation is 1. The molecular formula is C9H11N. The molecule has 0 fully saturated rings. The number of hydrogen-bond donors (Lipinski definition) is 1. The molecule has 0 saturated heterocycles. The molecule has 52 valence electrons. The SMILES string of the molecule is [2H]C1(N)CCc2ccccc21. The van der Waals surface area contributed by atoms with E-state index in [1.165, 1.54) is 5.56 Å². The zero-order valence-corrected chi connectivity index (χ0v) is 5.80. The first-order valence-electron chi connectivity index (χ1n) is 4.07. The predicted molar refractivity (Wildman–Crippen MR) is 41.7 cm³/mol. The Kier molecular flexibility index (Phi) is 1.03. The minimum Gasteiger partial charge on any atom is -0.324 e. The Hall–Kier alpha value is -0.820. The molecule has 0 radical (unpaired) electrons. The van der Waals surface area contributed by atoms with E-state index in [2.05, 4.69) is 6.07 Å². The summed E-state index contributed by atoms with van der Waals surface area (Å²) in [6, 6.07) is 7.13. The van der Waals surface area contributed by atoms with Gasteiger partial charge < -0.3 is 5.73 Å². The molecule has 2 rings (SSSR count). The second-order valence-electron chi connectivity index (χ2n) is 2.68. The van der Waals surface area contributed by atoms with Crippen LogP contribution in [0.3, 0.4) is 0 Å². The van der Waals surface area contributed by atoms with E-state index >= 15 is 0 Å². The van der Waals surface area contributed by atoms with E-state index in [9.17, 15) is 0 Å². The van der Waals surface area contributed by atoms with Crippen LogP contribution in [0.1, 0.15) is 24.9 Å². The second kappa shape index (κ2) is 2.10. The van der Waals surface area contributed by atoms with E-state index in [1.54, 1.807) is 0 Å². The molecule has 0 aromatic heterocycles. The molecule has 1 unspecified atom stereocenters. The largest absolute Gasteiger partial charge is 0.324 e. The summed E-state index contributed by atoms with van der Waals surface area (Å²) in [4.78, 5) is 0. The number of hydrogen-bond acceptors (Lipinski definition) is 1. The highest BCUT2D eigenvalue weighted by molar-refractivity contribution is 5.33. The van der Waals surface area contributed by atoms with Crippen LogP contribution in [0, 0.1) is 0 Å². The average molecular weight is 134 g/mol. The summed E-state index contributed by atoms with van der Waals surface area (Å²) in [6.07, 6.45) is 1.71. The van der Waals surface area contributed by atoms with Crippen LogP contribution in [0.15, 0.2) is 24.3 Å². The molecule has 1 aliphatic rings. The van der Waals surface area contributed by atoms with Gasteiger partial charge in [-0.25, -0.2) is 0 Å². The van der Waals surface area contributed by atoms with Crippen LogP contribution in [0.5, 0.6) is 0 Å². The molecule has 1 nitrogen and oxygen atoms in total. The van der Waals surface area contributed by atoms with E-state index in [0.29, 0.717) is 0 Å². The van der Waals surface area contributed by atoms with Crippen LogP contribution < -0.4 is 5.73 Å². The normalized spacial score (nSPS) is 31.5. The Morgan fingerprint density at radius 3 is 3.10 bits per heavy atom. The highest BCUT2D eigenvalue weighted by atomic mass is 14.6. The van der Waals surface area contributed by atoms with E-state index in [1.807, 2.05) is 18.2 Å². The summed E-state index contributed by atoms with van der Waals surface area (Å²) in [5.74, 6) is 0. The molecule has 2 N–H and O–H groups in total. The Balaban J connectivity index is 2.56. The van der Waals surface area contributed by atoms with Crippen LogP contribution in [-0.2, 0) is 6.42 Å². The van der Waals surface area contributed by atoms with Gasteiger partial charge in [-0.1, -0.05) is 24.3 Å². The predicted octanol–water partition coefficient (Wildman–Crippen LogP) is 1.63. The number of rotatable bonds is 0. The molecular weight excluding hydrogens is 122 g/mol. The van der Waals surface area contributed by atoms with Crippen LogP contribution in [0.4, 0.5) is 0 Å². The molecule has 1 aromatic carbocycles. The van der Waals surface area contributed by atoms with Crippen molar-refractivity contribution in [1.82, 2.24) is 0 Å². The number of nitrogens with two attached hydrogens (primary N) is 1. The lowest BCUT2D eigenvalue weighted by Gasteiger charge is -2.01. The highest BCUT2D eigenvalue weighted by Gasteiger charge is 2.16. The minimum atomic E-state index is -0.823. The van der Waals surface area contributed by atoms with Crippen molar-refractivity contribution in [2.45, 2.75) is 18.9 Å². The molecule has 10 heavy (non-hydrogen) atoms. The van der Waals surface area contributed by atoms with Gasteiger partial charge in [-0.15, -0.1) is 0 Å². The van der Waals surface area contributed by atoms with Gasteiger partial charge in [0.15, 0.2) is 0 Å². The third-order valence-electron chi connectivity index (χ3n) is 2.03. The Labute approximate surface area is 62.3 Å². The van der Waals surface area contributed by atoms with Gasteiger partial charge in [0.1, 0.15) is 0 Å². The Morgan fingerprint density at radius 2 is 2.30 bits per heavy atom. The summed E-state index contributed by atoms with van der Waals surface area (Å²) in [5.41, 5.74) is 8.00. The Bertz CT molecular complexity index is 281. The van der Waals surface area contributed by atoms with E-state index in [4.69, 9.17) is 7.10 Å². The lowest BCUT2D eigenvalue weighted by molar-refractivity contribution is 0.713. The summed E-state index contributed by atoms with van der Waals surface area (Å²) in [5, 5.41) is 0. The van der Waals surface area contributed by atoms with Crippen molar-refractivity contribution in [3.63, 3.8) is 0 Å². The lowest BCUT2D eigenvalue weighted by atomic mass is 10.1. The fraction of sp³-hybridized carbons (Fsp3) is 0.333. The maximum absolute atomic E-state index is 7.75. The first kappa shape index (κ1) is 4.91. The average Bonchev–Trinajstić information content (AvgIpc) is 2.29. The first-order chi connectivity index (χ1) is 5.20. The van der Waals surface area contributed by atoms with Gasteiger partial charge in [-0.05, 0) is 24.0 Å². The summed E-state index contributed by atoms with van der Waals surface area (Å²) in [7, 11) is 0. The lowest BCUT2D eigenvalue weighted by Crippen LogP contribution is -2.04. The molecule has 1 aromatic rings. The van der Waals surface area contributed by atoms with Crippen molar-refractivity contribution in [1.29, 1.82) is 0 Å². The van der Waals surface area contributed by atoms with Crippen LogP contribution >= 0.6 is 0 Å². The summed E-state index contributed by atoms with van der Waals surface area (Å²) in [6.45, 7) is 0. The van der Waals surface area contributed by atoms with Crippen molar-refractivity contribution in [3.8, 4) is 0 Å². The van der Waals surface area contributed by atoms with E-state index in [-0.39, 0.29) is 0 Å². The van der Waals surface area contributed by atoms with E-state index in [0.717, 1.165) is 18.4 Å². The van der Waals surface area contributed by atoms with Gasteiger partial charge >= 0.3 is 0 Å². The monoisotopic (exact) mass is 134 g/mol. The van der Waals surface area contributed by atoms with Gasteiger partial charge in [0.2, 0.25) is 0 Å².